The fourth-order valence-corrected chi connectivity index (χ4v) is 2.10. The Balaban J connectivity index is 2.02. The van der Waals surface area contributed by atoms with E-state index in [4.69, 9.17) is 6.42 Å². The number of nitrogens with one attached hydrogen (secondary N) is 1. The number of rotatable bonds is 5. The van der Waals surface area contributed by atoms with Gasteiger partial charge in [0.15, 0.2) is 0 Å². The van der Waals surface area contributed by atoms with Crippen molar-refractivity contribution in [3.8, 4) is 12.3 Å². The van der Waals surface area contributed by atoms with E-state index in [0.717, 1.165) is 25.9 Å². The van der Waals surface area contributed by atoms with Crippen LogP contribution in [0.2, 0.25) is 0 Å². The molecule has 0 aliphatic carbocycles. The lowest BCUT2D eigenvalue weighted by Crippen LogP contribution is -2.14. The normalized spacial score (nSPS) is 10.6. The molecule has 2 heteroatoms. The first-order chi connectivity index (χ1) is 8.33. The highest BCUT2D eigenvalue weighted by atomic mass is 14.9. The smallest absolute Gasteiger partial charge is 0.0481 e. The topological polar surface area (TPSA) is 17.0 Å². The highest BCUT2D eigenvalue weighted by molar-refractivity contribution is 5.83. The number of terminal acetylenes is 1. The lowest BCUT2D eigenvalue weighted by Gasteiger charge is -2.01. The van der Waals surface area contributed by atoms with Gasteiger partial charge in [-0.15, -0.1) is 12.3 Å². The second-order valence-corrected chi connectivity index (χ2v) is 4.27. The van der Waals surface area contributed by atoms with Gasteiger partial charge in [-0.05, 0) is 24.6 Å². The van der Waals surface area contributed by atoms with E-state index in [9.17, 15) is 0 Å². The van der Waals surface area contributed by atoms with Gasteiger partial charge in [0.05, 0.1) is 0 Å². The number of hydrogen-bond acceptors (Lipinski definition) is 1. The summed E-state index contributed by atoms with van der Waals surface area (Å²) in [5.74, 6) is 2.66. The zero-order valence-electron chi connectivity index (χ0n) is 10.2. The lowest BCUT2D eigenvalue weighted by molar-refractivity contribution is 0.660. The van der Waals surface area contributed by atoms with Gasteiger partial charge in [-0.3, -0.25) is 0 Å². The molecule has 2 nitrogen and oxygen atoms in total. The molecule has 0 unspecified atom stereocenters. The molecule has 2 rings (SSSR count). The van der Waals surface area contributed by atoms with E-state index in [-0.39, 0.29) is 0 Å². The van der Waals surface area contributed by atoms with Crippen LogP contribution in [0.3, 0.4) is 0 Å². The van der Waals surface area contributed by atoms with Gasteiger partial charge in [-0.25, -0.2) is 0 Å². The summed E-state index contributed by atoms with van der Waals surface area (Å²) in [5, 5.41) is 4.77. The van der Waals surface area contributed by atoms with Crippen molar-refractivity contribution in [1.82, 2.24) is 9.88 Å². The minimum absolute atomic E-state index is 0.850. The summed E-state index contributed by atoms with van der Waals surface area (Å²) in [4.78, 5) is 0. The van der Waals surface area contributed by atoms with E-state index >= 15 is 0 Å². The van der Waals surface area contributed by atoms with Crippen LogP contribution in [-0.2, 0) is 13.6 Å². The highest BCUT2D eigenvalue weighted by Crippen LogP contribution is 2.19. The molecule has 1 heterocycles. The van der Waals surface area contributed by atoms with Crippen LogP contribution >= 0.6 is 0 Å². The highest BCUT2D eigenvalue weighted by Gasteiger charge is 2.04. The van der Waals surface area contributed by atoms with Crippen LogP contribution in [0.1, 0.15) is 18.4 Å². The molecule has 1 aromatic heterocycles. The Morgan fingerprint density at radius 3 is 3.00 bits per heavy atom. The predicted octanol–water partition coefficient (Wildman–Crippen LogP) is 2.68. The minimum Gasteiger partial charge on any atom is -0.350 e. The number of nitrogens with zero attached hydrogens (tertiary/aromatic N) is 1. The van der Waals surface area contributed by atoms with E-state index in [1.165, 1.54) is 16.5 Å². The molecule has 88 valence electrons. The Bertz CT molecular complexity index is 531. The number of unbranched alkanes of at least 4 members (excludes halogenated alkanes) is 1. The molecule has 0 bridgehead atoms. The summed E-state index contributed by atoms with van der Waals surface area (Å²) >= 11 is 0. The molecule has 0 fully saturated rings. The monoisotopic (exact) mass is 226 g/mol. The van der Waals surface area contributed by atoms with Crippen LogP contribution < -0.4 is 5.32 Å². The molecule has 0 radical (unpaired) electrons. The van der Waals surface area contributed by atoms with Crippen LogP contribution in [0.4, 0.5) is 0 Å². The summed E-state index contributed by atoms with van der Waals surface area (Å²) in [6.07, 6.45) is 9.30. The van der Waals surface area contributed by atoms with Crippen LogP contribution in [0.15, 0.2) is 30.5 Å². The van der Waals surface area contributed by atoms with E-state index in [1.54, 1.807) is 0 Å². The maximum Gasteiger partial charge on any atom is 0.0481 e. The zero-order valence-corrected chi connectivity index (χ0v) is 10.2. The van der Waals surface area contributed by atoms with Crippen molar-refractivity contribution >= 4 is 10.9 Å². The average molecular weight is 226 g/mol. The van der Waals surface area contributed by atoms with Crippen LogP contribution in [-0.4, -0.2) is 11.1 Å². The number of fused-ring (bicyclic) bond motifs is 1. The first kappa shape index (κ1) is 11.8. The Morgan fingerprint density at radius 2 is 2.18 bits per heavy atom. The van der Waals surface area contributed by atoms with Crippen LogP contribution in [0.5, 0.6) is 0 Å². The fraction of sp³-hybridized carbons (Fsp3) is 0.333. The summed E-state index contributed by atoms with van der Waals surface area (Å²) in [5.41, 5.74) is 2.64. The van der Waals surface area contributed by atoms with Crippen molar-refractivity contribution in [2.24, 2.45) is 7.05 Å². The summed E-state index contributed by atoms with van der Waals surface area (Å²) in [7, 11) is 2.09. The van der Waals surface area contributed by atoms with E-state index in [2.05, 4.69) is 53.3 Å². The SMILES string of the molecule is C#CCCCNCc1cn(C)c2ccccc12. The van der Waals surface area contributed by atoms with Gasteiger partial charge >= 0.3 is 0 Å². The lowest BCUT2D eigenvalue weighted by atomic mass is 10.2. The van der Waals surface area contributed by atoms with E-state index in [1.807, 2.05) is 0 Å². The predicted molar refractivity (Wildman–Crippen MR) is 72.7 cm³/mol. The fourth-order valence-electron chi connectivity index (χ4n) is 2.10. The largest absolute Gasteiger partial charge is 0.350 e. The molecule has 0 amide bonds. The second-order valence-electron chi connectivity index (χ2n) is 4.27. The van der Waals surface area contributed by atoms with Gasteiger partial charge in [0.25, 0.3) is 0 Å². The zero-order chi connectivity index (χ0) is 12.1. The number of benzene rings is 1. The standard InChI is InChI=1S/C15H18N2/c1-3-4-7-10-16-11-13-12-17(2)15-9-6-5-8-14(13)15/h1,5-6,8-9,12,16H,4,7,10-11H2,2H3. The molecular formula is C15H18N2. The maximum absolute atomic E-state index is 5.22. The number of aryl methyl sites for hydroxylation is 1. The van der Waals surface area contributed by atoms with Crippen molar-refractivity contribution < 1.29 is 0 Å². The third-order valence-electron chi connectivity index (χ3n) is 2.97. The molecular weight excluding hydrogens is 208 g/mol. The Kier molecular flexibility index (Phi) is 3.85. The van der Waals surface area contributed by atoms with Crippen LogP contribution in [0, 0.1) is 12.3 Å². The van der Waals surface area contributed by atoms with Crippen LogP contribution in [0.25, 0.3) is 10.9 Å². The molecule has 2 aromatic rings. The van der Waals surface area contributed by atoms with Crippen molar-refractivity contribution in [3.63, 3.8) is 0 Å². The Morgan fingerprint density at radius 1 is 1.35 bits per heavy atom. The number of para-hydroxylation sites is 1. The third-order valence-corrected chi connectivity index (χ3v) is 2.97. The third kappa shape index (κ3) is 2.69. The van der Waals surface area contributed by atoms with Gasteiger partial charge in [0, 0.05) is 37.1 Å². The Hall–Kier alpha value is -1.72. The number of hydrogen-bond donors (Lipinski definition) is 1. The summed E-state index contributed by atoms with van der Waals surface area (Å²) in [6.45, 7) is 1.89. The van der Waals surface area contributed by atoms with Gasteiger partial charge < -0.3 is 9.88 Å². The Labute approximate surface area is 103 Å². The molecule has 17 heavy (non-hydrogen) atoms. The molecule has 0 atom stereocenters. The number of aromatic nitrogens is 1. The molecule has 0 saturated carbocycles. The van der Waals surface area contributed by atoms with Crippen molar-refractivity contribution in [2.45, 2.75) is 19.4 Å². The summed E-state index contributed by atoms with van der Waals surface area (Å²) in [6, 6.07) is 8.49. The van der Waals surface area contributed by atoms with Gasteiger partial charge in [-0.1, -0.05) is 18.2 Å². The molecule has 0 saturated heterocycles. The summed E-state index contributed by atoms with van der Waals surface area (Å²) < 4.78 is 2.17. The maximum atomic E-state index is 5.22. The quantitative estimate of drug-likeness (QED) is 0.612. The van der Waals surface area contributed by atoms with E-state index in [0.29, 0.717) is 0 Å². The van der Waals surface area contributed by atoms with Gasteiger partial charge in [-0.2, -0.15) is 0 Å². The molecule has 0 aliphatic heterocycles. The van der Waals surface area contributed by atoms with Gasteiger partial charge in [0.1, 0.15) is 0 Å². The first-order valence-electron chi connectivity index (χ1n) is 6.00. The molecule has 1 aromatic carbocycles. The van der Waals surface area contributed by atoms with Crippen molar-refractivity contribution in [1.29, 1.82) is 0 Å². The average Bonchev–Trinajstić information content (AvgIpc) is 2.67. The van der Waals surface area contributed by atoms with Crippen molar-refractivity contribution in [2.75, 3.05) is 6.54 Å². The second kappa shape index (κ2) is 5.56. The molecule has 0 spiro atoms. The minimum atomic E-state index is 0.850. The van der Waals surface area contributed by atoms with Crippen molar-refractivity contribution in [3.05, 3.63) is 36.0 Å². The first-order valence-corrected chi connectivity index (χ1v) is 6.00. The van der Waals surface area contributed by atoms with Gasteiger partial charge in [0.2, 0.25) is 0 Å². The molecule has 0 aliphatic rings. The van der Waals surface area contributed by atoms with E-state index < -0.39 is 0 Å². The molecule has 1 N–H and O–H groups in total.